The fraction of sp³-hybridized carbons (Fsp3) is 0.179. The predicted octanol–water partition coefficient (Wildman–Crippen LogP) is 5.74. The van der Waals surface area contributed by atoms with Gasteiger partial charge in [0.25, 0.3) is 5.91 Å². The van der Waals surface area contributed by atoms with Gasteiger partial charge in [-0.3, -0.25) is 4.79 Å². The number of carbonyl (C=O) groups excluding carboxylic acids is 1. The number of nitriles is 1. The largest absolute Gasteiger partial charge is 0.487 e. The van der Waals surface area contributed by atoms with E-state index in [-0.39, 0.29) is 23.7 Å². The number of carboxylic acids is 1. The molecule has 1 saturated heterocycles. The van der Waals surface area contributed by atoms with Gasteiger partial charge in [-0.25, -0.2) is 4.79 Å². The van der Waals surface area contributed by atoms with E-state index in [1.807, 2.05) is 18.2 Å². The van der Waals surface area contributed by atoms with Gasteiger partial charge in [-0.15, -0.1) is 0 Å². The number of piperazine rings is 1. The Morgan fingerprint density at radius 1 is 0.973 bits per heavy atom. The second-order valence-corrected chi connectivity index (χ2v) is 10.1. The van der Waals surface area contributed by atoms with E-state index in [0.29, 0.717) is 46.4 Å². The van der Waals surface area contributed by atoms with Crippen molar-refractivity contribution in [2.75, 3.05) is 31.1 Å². The summed E-state index contributed by atoms with van der Waals surface area (Å²) in [5.74, 6) is -0.708. The molecule has 0 unspecified atom stereocenters. The molecule has 0 radical (unpaired) electrons. The lowest BCUT2D eigenvalue weighted by atomic mass is 10.1. The summed E-state index contributed by atoms with van der Waals surface area (Å²) in [6.45, 7) is 2.73. The summed E-state index contributed by atoms with van der Waals surface area (Å²) in [4.78, 5) is 28.0. The number of hydrogen-bond donors (Lipinski definition) is 1. The number of para-hydroxylation sites is 1. The molecular weight excluding hydrogens is 602 g/mol. The monoisotopic (exact) mass is 623 g/mol. The third-order valence-corrected chi connectivity index (χ3v) is 7.13. The molecule has 1 amide bonds. The van der Waals surface area contributed by atoms with Crippen LogP contribution in [0.3, 0.4) is 0 Å². The molecule has 37 heavy (non-hydrogen) atoms. The summed E-state index contributed by atoms with van der Waals surface area (Å²) >= 11 is 7.02. The Morgan fingerprint density at radius 3 is 2.16 bits per heavy atom. The first-order valence-corrected chi connectivity index (χ1v) is 13.1. The molecule has 3 aromatic rings. The number of carbonyl (C=O) groups is 2. The molecular formula is C28H23Br2N3O4. The highest BCUT2D eigenvalue weighted by atomic mass is 79.9. The predicted molar refractivity (Wildman–Crippen MR) is 148 cm³/mol. The van der Waals surface area contributed by atoms with Gasteiger partial charge in [-0.2, -0.15) is 5.26 Å². The molecule has 0 atom stereocenters. The number of amides is 1. The van der Waals surface area contributed by atoms with Crippen LogP contribution in [0, 0.1) is 11.3 Å². The minimum atomic E-state index is -0.980. The van der Waals surface area contributed by atoms with Gasteiger partial charge in [0.05, 0.1) is 14.5 Å². The summed E-state index contributed by atoms with van der Waals surface area (Å²) in [5.41, 5.74) is 2.89. The summed E-state index contributed by atoms with van der Waals surface area (Å²) < 4.78 is 7.22. The van der Waals surface area contributed by atoms with Gasteiger partial charge in [-0.05, 0) is 85.5 Å². The van der Waals surface area contributed by atoms with E-state index in [0.717, 1.165) is 11.3 Å². The fourth-order valence-corrected chi connectivity index (χ4v) is 5.44. The zero-order valence-corrected chi connectivity index (χ0v) is 22.9. The molecule has 0 saturated carbocycles. The number of halogens is 2. The Kier molecular flexibility index (Phi) is 8.64. The Bertz CT molecular complexity index is 1340. The maximum Gasteiger partial charge on any atom is 0.335 e. The van der Waals surface area contributed by atoms with Crippen LogP contribution >= 0.6 is 31.9 Å². The van der Waals surface area contributed by atoms with E-state index in [1.165, 1.54) is 12.1 Å². The van der Waals surface area contributed by atoms with Crippen molar-refractivity contribution < 1.29 is 19.4 Å². The SMILES string of the molecule is N#C/C(=C/c1cc(Br)c(OCc2ccc(C(=O)O)cc2)c(Br)c1)C(=O)N1CCN(c2ccccc2)CC1. The van der Waals surface area contributed by atoms with Crippen LogP contribution in [0.1, 0.15) is 21.5 Å². The van der Waals surface area contributed by atoms with E-state index < -0.39 is 5.97 Å². The third kappa shape index (κ3) is 6.59. The highest BCUT2D eigenvalue weighted by Crippen LogP contribution is 2.36. The van der Waals surface area contributed by atoms with Crippen LogP contribution in [0.4, 0.5) is 5.69 Å². The maximum absolute atomic E-state index is 13.1. The van der Waals surface area contributed by atoms with Gasteiger partial charge in [0.2, 0.25) is 0 Å². The van der Waals surface area contributed by atoms with Gasteiger partial charge >= 0.3 is 5.97 Å². The van der Waals surface area contributed by atoms with Crippen molar-refractivity contribution in [1.82, 2.24) is 4.90 Å². The molecule has 1 fully saturated rings. The molecule has 1 N–H and O–H groups in total. The third-order valence-electron chi connectivity index (χ3n) is 5.95. The molecule has 1 aliphatic heterocycles. The van der Waals surface area contributed by atoms with Gasteiger partial charge in [0.1, 0.15) is 24.0 Å². The fourth-order valence-electron chi connectivity index (χ4n) is 3.99. The molecule has 1 aliphatic rings. The number of carboxylic acid groups (broad SMARTS) is 1. The quantitative estimate of drug-likeness (QED) is 0.266. The van der Waals surface area contributed by atoms with Crippen LogP contribution < -0.4 is 9.64 Å². The van der Waals surface area contributed by atoms with Crippen LogP contribution in [0.2, 0.25) is 0 Å². The molecule has 7 nitrogen and oxygen atoms in total. The number of hydrogen-bond acceptors (Lipinski definition) is 5. The van der Waals surface area contributed by atoms with Gasteiger partial charge < -0.3 is 19.6 Å². The van der Waals surface area contributed by atoms with E-state index in [4.69, 9.17) is 9.84 Å². The van der Waals surface area contributed by atoms with Gasteiger partial charge in [0, 0.05) is 31.9 Å². The molecule has 1 heterocycles. The minimum Gasteiger partial charge on any atom is -0.487 e. The minimum absolute atomic E-state index is 0.0687. The Labute approximate surface area is 231 Å². The first kappa shape index (κ1) is 26.5. The number of aromatic carboxylic acids is 1. The molecule has 3 aromatic carbocycles. The van der Waals surface area contributed by atoms with Crippen LogP contribution in [0.15, 0.2) is 81.2 Å². The topological polar surface area (TPSA) is 93.9 Å². The normalized spacial score (nSPS) is 13.7. The standard InChI is InChI=1S/C28H23Br2N3O4/c29-24-15-20(16-25(30)26(24)37-18-19-6-8-21(9-7-19)28(35)36)14-22(17-31)27(34)33-12-10-32(11-13-33)23-4-2-1-3-5-23/h1-9,14-16H,10-13,18H2,(H,35,36)/b22-14-. The number of anilines is 1. The lowest BCUT2D eigenvalue weighted by Crippen LogP contribution is -2.49. The number of nitrogens with zero attached hydrogens (tertiary/aromatic N) is 3. The van der Waals surface area contributed by atoms with Crippen molar-refractivity contribution in [1.29, 1.82) is 5.26 Å². The summed E-state index contributed by atoms with van der Waals surface area (Å²) in [7, 11) is 0. The molecule has 4 rings (SSSR count). The van der Waals surface area contributed by atoms with Crippen molar-refractivity contribution in [2.24, 2.45) is 0 Å². The summed E-state index contributed by atoms with van der Waals surface area (Å²) in [5, 5.41) is 18.7. The second kappa shape index (κ2) is 12.1. The zero-order valence-electron chi connectivity index (χ0n) is 19.7. The maximum atomic E-state index is 13.1. The first-order chi connectivity index (χ1) is 17.9. The highest BCUT2D eigenvalue weighted by molar-refractivity contribution is 9.11. The molecule has 9 heteroatoms. The number of ether oxygens (including phenoxy) is 1. The molecule has 0 spiro atoms. The summed E-state index contributed by atoms with van der Waals surface area (Å²) in [6.07, 6.45) is 1.58. The highest BCUT2D eigenvalue weighted by Gasteiger charge is 2.24. The van der Waals surface area contributed by atoms with E-state index in [9.17, 15) is 14.9 Å². The van der Waals surface area contributed by atoms with Crippen molar-refractivity contribution >= 4 is 55.5 Å². The van der Waals surface area contributed by atoms with Crippen molar-refractivity contribution in [3.8, 4) is 11.8 Å². The van der Waals surface area contributed by atoms with Crippen LogP contribution in [0.5, 0.6) is 5.75 Å². The van der Waals surface area contributed by atoms with Gasteiger partial charge in [-0.1, -0.05) is 30.3 Å². The smallest absolute Gasteiger partial charge is 0.335 e. The van der Waals surface area contributed by atoms with Crippen molar-refractivity contribution in [3.05, 3.63) is 97.9 Å². The van der Waals surface area contributed by atoms with Gasteiger partial charge in [0.15, 0.2) is 0 Å². The summed E-state index contributed by atoms with van der Waals surface area (Å²) in [6, 6.07) is 22.2. The first-order valence-electron chi connectivity index (χ1n) is 11.5. The lowest BCUT2D eigenvalue weighted by Gasteiger charge is -2.36. The molecule has 188 valence electrons. The van der Waals surface area contributed by atoms with E-state index in [2.05, 4.69) is 55.0 Å². The lowest BCUT2D eigenvalue weighted by molar-refractivity contribution is -0.126. The average molecular weight is 625 g/mol. The van der Waals surface area contributed by atoms with Crippen LogP contribution in [-0.4, -0.2) is 48.1 Å². The van der Waals surface area contributed by atoms with Crippen LogP contribution in [0.25, 0.3) is 6.08 Å². The molecule has 0 aliphatic carbocycles. The molecule has 0 bridgehead atoms. The Hall–Kier alpha value is -3.61. The van der Waals surface area contributed by atoms with E-state index >= 15 is 0 Å². The van der Waals surface area contributed by atoms with E-state index in [1.54, 1.807) is 35.2 Å². The van der Waals surface area contributed by atoms with Crippen molar-refractivity contribution in [2.45, 2.75) is 6.61 Å². The average Bonchev–Trinajstić information content (AvgIpc) is 2.91. The van der Waals surface area contributed by atoms with Crippen LogP contribution in [-0.2, 0) is 11.4 Å². The number of rotatable bonds is 7. The molecule has 0 aromatic heterocycles. The second-order valence-electron chi connectivity index (χ2n) is 8.39. The zero-order chi connectivity index (χ0) is 26.4. The Morgan fingerprint density at radius 2 is 1.59 bits per heavy atom. The number of benzene rings is 3. The Balaban J connectivity index is 1.42. The van der Waals surface area contributed by atoms with Crippen molar-refractivity contribution in [3.63, 3.8) is 0 Å².